The average molecular weight is 333 g/mol. The molecule has 1 aromatic carbocycles. The van der Waals surface area contributed by atoms with Crippen molar-refractivity contribution in [1.29, 1.82) is 0 Å². The highest BCUT2D eigenvalue weighted by Crippen LogP contribution is 2.20. The van der Waals surface area contributed by atoms with E-state index in [9.17, 15) is 0 Å². The van der Waals surface area contributed by atoms with Crippen molar-refractivity contribution in [2.24, 2.45) is 0 Å². The molecule has 1 atom stereocenters. The van der Waals surface area contributed by atoms with Gasteiger partial charge in [0, 0.05) is 37.6 Å². The second-order valence-electron chi connectivity index (χ2n) is 5.72. The Morgan fingerprint density at radius 3 is 2.83 bits per heavy atom. The monoisotopic (exact) mass is 333 g/mol. The van der Waals surface area contributed by atoms with Crippen LogP contribution in [0.2, 0.25) is 0 Å². The van der Waals surface area contributed by atoms with Crippen molar-refractivity contribution in [1.82, 2.24) is 15.2 Å². The fourth-order valence-corrected chi connectivity index (χ4v) is 3.33. The Labute approximate surface area is 141 Å². The minimum absolute atomic E-state index is 0.508. The molecule has 1 fully saturated rings. The standard InChI is InChI=1S/C17H23N3O2S/c1-13-9-18-7-8-20(13)10-14-12-23-17(19-14)11-22-16-5-3-15(21-2)4-6-16/h3-6,12-13,18H,7-11H2,1-2H3/t13-/m0/s1. The summed E-state index contributed by atoms with van der Waals surface area (Å²) in [6.07, 6.45) is 0. The van der Waals surface area contributed by atoms with E-state index in [0.29, 0.717) is 12.6 Å². The molecular weight excluding hydrogens is 310 g/mol. The summed E-state index contributed by atoms with van der Waals surface area (Å²) in [5, 5.41) is 6.57. The van der Waals surface area contributed by atoms with E-state index in [2.05, 4.69) is 22.5 Å². The second kappa shape index (κ2) is 7.77. The first-order valence-electron chi connectivity index (χ1n) is 7.89. The number of rotatable bonds is 6. The van der Waals surface area contributed by atoms with Gasteiger partial charge in [-0.15, -0.1) is 11.3 Å². The second-order valence-corrected chi connectivity index (χ2v) is 6.66. The van der Waals surface area contributed by atoms with E-state index in [1.54, 1.807) is 18.4 Å². The van der Waals surface area contributed by atoms with Gasteiger partial charge >= 0.3 is 0 Å². The van der Waals surface area contributed by atoms with Crippen LogP contribution in [0.25, 0.3) is 0 Å². The van der Waals surface area contributed by atoms with Gasteiger partial charge in [-0.3, -0.25) is 4.90 Å². The number of thiazole rings is 1. The highest BCUT2D eigenvalue weighted by Gasteiger charge is 2.18. The number of nitrogens with one attached hydrogen (secondary N) is 1. The molecule has 124 valence electrons. The van der Waals surface area contributed by atoms with E-state index in [-0.39, 0.29) is 0 Å². The fourth-order valence-electron chi connectivity index (χ4n) is 2.63. The molecule has 1 aliphatic rings. The van der Waals surface area contributed by atoms with Crippen molar-refractivity contribution in [2.45, 2.75) is 26.1 Å². The Morgan fingerprint density at radius 2 is 2.09 bits per heavy atom. The summed E-state index contributed by atoms with van der Waals surface area (Å²) in [4.78, 5) is 7.17. The molecule has 1 saturated heterocycles. The van der Waals surface area contributed by atoms with Gasteiger partial charge in [-0.05, 0) is 31.2 Å². The van der Waals surface area contributed by atoms with Crippen molar-refractivity contribution in [3.05, 3.63) is 40.3 Å². The maximum atomic E-state index is 5.78. The van der Waals surface area contributed by atoms with Gasteiger partial charge in [-0.2, -0.15) is 0 Å². The molecule has 1 N–H and O–H groups in total. The molecule has 1 aromatic heterocycles. The molecule has 0 aliphatic carbocycles. The van der Waals surface area contributed by atoms with Gasteiger partial charge < -0.3 is 14.8 Å². The molecule has 0 unspecified atom stereocenters. The smallest absolute Gasteiger partial charge is 0.140 e. The molecule has 2 aromatic rings. The van der Waals surface area contributed by atoms with Gasteiger partial charge in [0.15, 0.2) is 0 Å². The lowest BCUT2D eigenvalue weighted by atomic mass is 10.2. The van der Waals surface area contributed by atoms with Crippen molar-refractivity contribution in [3.63, 3.8) is 0 Å². The largest absolute Gasteiger partial charge is 0.497 e. The van der Waals surface area contributed by atoms with Crippen LogP contribution in [-0.2, 0) is 13.2 Å². The summed E-state index contributed by atoms with van der Waals surface area (Å²) in [5.41, 5.74) is 1.14. The number of ether oxygens (including phenoxy) is 2. The Kier molecular flexibility index (Phi) is 5.48. The summed E-state index contributed by atoms with van der Waals surface area (Å²) in [6, 6.07) is 8.18. The number of hydrogen-bond acceptors (Lipinski definition) is 6. The van der Waals surface area contributed by atoms with Crippen LogP contribution in [0.5, 0.6) is 11.5 Å². The first kappa shape index (κ1) is 16.2. The van der Waals surface area contributed by atoms with Gasteiger partial charge in [0.1, 0.15) is 23.1 Å². The summed E-state index contributed by atoms with van der Waals surface area (Å²) in [5.74, 6) is 1.66. The van der Waals surface area contributed by atoms with Crippen LogP contribution in [-0.4, -0.2) is 42.7 Å². The lowest BCUT2D eigenvalue weighted by molar-refractivity contribution is 0.164. The first-order valence-corrected chi connectivity index (χ1v) is 8.77. The van der Waals surface area contributed by atoms with Crippen LogP contribution >= 0.6 is 11.3 Å². The summed E-state index contributed by atoms with van der Waals surface area (Å²) >= 11 is 1.66. The van der Waals surface area contributed by atoms with E-state index in [1.807, 2.05) is 24.3 Å². The predicted octanol–water partition coefficient (Wildman–Crippen LogP) is 2.52. The normalized spacial score (nSPS) is 18.8. The van der Waals surface area contributed by atoms with Crippen LogP contribution in [0.4, 0.5) is 0 Å². The minimum Gasteiger partial charge on any atom is -0.497 e. The van der Waals surface area contributed by atoms with Gasteiger partial charge in [0.2, 0.25) is 0 Å². The highest BCUT2D eigenvalue weighted by molar-refractivity contribution is 7.09. The van der Waals surface area contributed by atoms with Crippen LogP contribution < -0.4 is 14.8 Å². The molecule has 23 heavy (non-hydrogen) atoms. The maximum Gasteiger partial charge on any atom is 0.140 e. The highest BCUT2D eigenvalue weighted by atomic mass is 32.1. The van der Waals surface area contributed by atoms with Crippen LogP contribution in [0.1, 0.15) is 17.6 Å². The van der Waals surface area contributed by atoms with Crippen LogP contribution in [0.3, 0.4) is 0 Å². The Hall–Kier alpha value is -1.63. The van der Waals surface area contributed by atoms with Gasteiger partial charge in [0.25, 0.3) is 0 Å². The first-order chi connectivity index (χ1) is 11.2. The molecule has 0 bridgehead atoms. The number of aromatic nitrogens is 1. The number of methoxy groups -OCH3 is 1. The van der Waals surface area contributed by atoms with Gasteiger partial charge in [-0.1, -0.05) is 0 Å². The molecule has 3 rings (SSSR count). The van der Waals surface area contributed by atoms with E-state index < -0.39 is 0 Å². The van der Waals surface area contributed by atoms with Crippen molar-refractivity contribution >= 4 is 11.3 Å². The zero-order chi connectivity index (χ0) is 16.1. The number of benzene rings is 1. The van der Waals surface area contributed by atoms with Crippen LogP contribution in [0, 0.1) is 0 Å². The summed E-state index contributed by atoms with van der Waals surface area (Å²) < 4.78 is 10.9. The van der Waals surface area contributed by atoms with E-state index >= 15 is 0 Å². The molecule has 6 heteroatoms. The molecule has 0 spiro atoms. The molecule has 0 amide bonds. The predicted molar refractivity (Wildman–Crippen MR) is 92.2 cm³/mol. The van der Waals surface area contributed by atoms with E-state index in [0.717, 1.165) is 48.4 Å². The topological polar surface area (TPSA) is 46.6 Å². The molecule has 0 saturated carbocycles. The number of hydrogen-bond donors (Lipinski definition) is 1. The third-order valence-corrected chi connectivity index (χ3v) is 4.90. The van der Waals surface area contributed by atoms with E-state index in [1.165, 1.54) is 0 Å². The van der Waals surface area contributed by atoms with Crippen LogP contribution in [0.15, 0.2) is 29.6 Å². The van der Waals surface area contributed by atoms with Gasteiger partial charge in [-0.25, -0.2) is 4.98 Å². The van der Waals surface area contributed by atoms with Gasteiger partial charge in [0.05, 0.1) is 12.8 Å². The van der Waals surface area contributed by atoms with Crippen molar-refractivity contribution < 1.29 is 9.47 Å². The Bertz CT molecular complexity index is 615. The fraction of sp³-hybridized carbons (Fsp3) is 0.471. The van der Waals surface area contributed by atoms with E-state index in [4.69, 9.17) is 14.5 Å². The molecule has 0 radical (unpaired) electrons. The Morgan fingerprint density at radius 1 is 1.30 bits per heavy atom. The SMILES string of the molecule is COc1ccc(OCc2nc(CN3CCNC[C@@H]3C)cs2)cc1. The lowest BCUT2D eigenvalue weighted by Crippen LogP contribution is -2.49. The van der Waals surface area contributed by atoms with Crippen molar-refractivity contribution in [2.75, 3.05) is 26.7 Å². The molecular formula is C17H23N3O2S. The Balaban J connectivity index is 1.52. The zero-order valence-electron chi connectivity index (χ0n) is 13.6. The number of nitrogens with zero attached hydrogens (tertiary/aromatic N) is 2. The molecule has 1 aliphatic heterocycles. The number of piperazine rings is 1. The lowest BCUT2D eigenvalue weighted by Gasteiger charge is -2.33. The third kappa shape index (κ3) is 4.43. The quantitative estimate of drug-likeness (QED) is 0.880. The molecule has 2 heterocycles. The minimum atomic E-state index is 0.508. The third-order valence-electron chi connectivity index (χ3n) is 4.03. The van der Waals surface area contributed by atoms with Crippen molar-refractivity contribution in [3.8, 4) is 11.5 Å². The summed E-state index contributed by atoms with van der Waals surface area (Å²) in [7, 11) is 1.66. The zero-order valence-corrected chi connectivity index (χ0v) is 14.4. The summed E-state index contributed by atoms with van der Waals surface area (Å²) in [6.45, 7) is 6.87. The molecule has 5 nitrogen and oxygen atoms in total. The average Bonchev–Trinajstić information content (AvgIpc) is 3.03. The maximum absolute atomic E-state index is 5.78.